The van der Waals surface area contributed by atoms with E-state index in [9.17, 15) is 0 Å². The van der Waals surface area contributed by atoms with Crippen molar-refractivity contribution in [1.29, 1.82) is 0 Å². The first-order valence-electron chi connectivity index (χ1n) is 11.7. The number of likely N-dealkylation sites (N-methyl/N-ethyl adjacent to an activating group) is 1. The Morgan fingerprint density at radius 1 is 1.14 bits per heavy atom. The van der Waals surface area contributed by atoms with E-state index < -0.39 is 0 Å². The van der Waals surface area contributed by atoms with E-state index in [1.807, 2.05) is 12.3 Å². The van der Waals surface area contributed by atoms with Crippen molar-refractivity contribution in [3.8, 4) is 0 Å². The van der Waals surface area contributed by atoms with E-state index in [4.69, 9.17) is 10.7 Å². The molecule has 2 aromatic carbocycles. The predicted octanol–water partition coefficient (Wildman–Crippen LogP) is 4.61. The Morgan fingerprint density at radius 2 is 1.94 bits per heavy atom. The van der Waals surface area contributed by atoms with Crippen molar-refractivity contribution in [2.75, 3.05) is 24.9 Å². The summed E-state index contributed by atoms with van der Waals surface area (Å²) in [5.74, 6) is 0.672. The Labute approximate surface area is 211 Å². The molecule has 3 N–H and O–H groups in total. The van der Waals surface area contributed by atoms with E-state index >= 15 is 0 Å². The second-order valence-corrected chi connectivity index (χ2v) is 10.2. The molecule has 2 heterocycles. The second-order valence-electron chi connectivity index (χ2n) is 9.14. The van der Waals surface area contributed by atoms with Crippen LogP contribution in [0.3, 0.4) is 0 Å². The number of hydrogen-bond donors (Lipinski definition) is 2. The number of nitrogens with one attached hydrogen (secondary N) is 1. The molecule has 1 aliphatic heterocycles. The van der Waals surface area contributed by atoms with E-state index in [-0.39, 0.29) is 6.04 Å². The summed E-state index contributed by atoms with van der Waals surface area (Å²) in [4.78, 5) is 12.9. The molecule has 178 valence electrons. The molecule has 7 heteroatoms. The van der Waals surface area contributed by atoms with Gasteiger partial charge in [0.1, 0.15) is 0 Å². The van der Waals surface area contributed by atoms with Gasteiger partial charge in [-0.2, -0.15) is 0 Å². The SMILES string of the molecule is Cc1ccc(/C(N)=C(/NC2C=CC(CN(C)C)=C2)c2ccnc(N3Cc4ccccc4S3)n2)cc1. The number of hydrogen-bond acceptors (Lipinski definition) is 7. The number of fused-ring (bicyclic) bond motifs is 1. The summed E-state index contributed by atoms with van der Waals surface area (Å²) in [7, 11) is 4.15. The fourth-order valence-electron chi connectivity index (χ4n) is 4.21. The van der Waals surface area contributed by atoms with E-state index in [1.54, 1.807) is 11.9 Å². The smallest absolute Gasteiger partial charge is 0.236 e. The molecule has 0 bridgehead atoms. The summed E-state index contributed by atoms with van der Waals surface area (Å²) >= 11 is 1.67. The lowest BCUT2D eigenvalue weighted by Gasteiger charge is -2.20. The number of aryl methyl sites for hydroxylation is 1. The van der Waals surface area contributed by atoms with Crippen LogP contribution in [0.2, 0.25) is 0 Å². The zero-order chi connectivity index (χ0) is 24.4. The van der Waals surface area contributed by atoms with Crippen molar-refractivity contribution in [3.63, 3.8) is 0 Å². The maximum absolute atomic E-state index is 6.77. The van der Waals surface area contributed by atoms with Crippen LogP contribution >= 0.6 is 11.9 Å². The van der Waals surface area contributed by atoms with Gasteiger partial charge < -0.3 is 16.0 Å². The number of anilines is 1. The zero-order valence-corrected chi connectivity index (χ0v) is 21.1. The van der Waals surface area contributed by atoms with Gasteiger partial charge in [-0.15, -0.1) is 0 Å². The minimum absolute atomic E-state index is 0.0350. The predicted molar refractivity (Wildman–Crippen MR) is 145 cm³/mol. The standard InChI is InChI=1S/C28H30N6S/c1-19-8-11-21(12-9-19)26(29)27(31-23-13-10-20(16-23)17-33(2)3)24-14-15-30-28(32-24)34-18-22-6-4-5-7-25(22)35-34/h4-16,23,31H,17-18,29H2,1-3H3/b27-26-. The van der Waals surface area contributed by atoms with Gasteiger partial charge in [-0.1, -0.05) is 66.3 Å². The lowest BCUT2D eigenvalue weighted by molar-refractivity contribution is 0.449. The zero-order valence-electron chi connectivity index (χ0n) is 20.3. The van der Waals surface area contributed by atoms with E-state index in [2.05, 4.69) is 107 Å². The van der Waals surface area contributed by atoms with Crippen LogP contribution < -0.4 is 15.4 Å². The average Bonchev–Trinajstić information content (AvgIpc) is 3.49. The summed E-state index contributed by atoms with van der Waals surface area (Å²) in [5.41, 5.74) is 13.7. The van der Waals surface area contributed by atoms with Crippen LogP contribution in [-0.2, 0) is 6.54 Å². The summed E-state index contributed by atoms with van der Waals surface area (Å²) < 4.78 is 2.12. The van der Waals surface area contributed by atoms with Gasteiger partial charge in [-0.05, 0) is 61.8 Å². The van der Waals surface area contributed by atoms with E-state index in [0.29, 0.717) is 11.6 Å². The highest BCUT2D eigenvalue weighted by atomic mass is 32.2. The van der Waals surface area contributed by atoms with Gasteiger partial charge in [-0.25, -0.2) is 9.97 Å². The topological polar surface area (TPSA) is 70.3 Å². The first kappa shape index (κ1) is 23.2. The van der Waals surface area contributed by atoms with Gasteiger partial charge in [0.25, 0.3) is 0 Å². The molecule has 35 heavy (non-hydrogen) atoms. The largest absolute Gasteiger partial charge is 0.397 e. The molecular formula is C28H30N6S. The van der Waals surface area contributed by atoms with Crippen molar-refractivity contribution in [2.45, 2.75) is 24.4 Å². The molecule has 0 radical (unpaired) electrons. The first-order valence-corrected chi connectivity index (χ1v) is 12.5. The summed E-state index contributed by atoms with van der Waals surface area (Å²) in [5, 5.41) is 3.64. The quantitative estimate of drug-likeness (QED) is 0.477. The first-order chi connectivity index (χ1) is 17.0. The van der Waals surface area contributed by atoms with Crippen molar-refractivity contribution in [2.24, 2.45) is 5.73 Å². The van der Waals surface area contributed by atoms with Crippen molar-refractivity contribution in [1.82, 2.24) is 20.2 Å². The molecule has 1 unspecified atom stereocenters. The monoisotopic (exact) mass is 482 g/mol. The maximum atomic E-state index is 6.77. The molecule has 0 fully saturated rings. The summed E-state index contributed by atoms with van der Waals surface area (Å²) in [6.45, 7) is 3.74. The highest BCUT2D eigenvalue weighted by Gasteiger charge is 2.23. The van der Waals surface area contributed by atoms with E-state index in [1.165, 1.54) is 21.6 Å². The summed E-state index contributed by atoms with van der Waals surface area (Å²) in [6, 6.07) is 18.6. The molecule has 6 nitrogen and oxygen atoms in total. The molecule has 1 aliphatic carbocycles. The number of rotatable bonds is 7. The molecule has 1 atom stereocenters. The Morgan fingerprint density at radius 3 is 2.71 bits per heavy atom. The van der Waals surface area contributed by atoms with Crippen LogP contribution in [0, 0.1) is 6.92 Å². The lowest BCUT2D eigenvalue weighted by atomic mass is 10.1. The van der Waals surface area contributed by atoms with Crippen molar-refractivity contribution in [3.05, 3.63) is 107 Å². The van der Waals surface area contributed by atoms with Crippen molar-refractivity contribution >= 4 is 29.3 Å². The third kappa shape index (κ3) is 5.26. The van der Waals surface area contributed by atoms with Gasteiger partial charge in [0, 0.05) is 17.6 Å². The molecule has 3 aromatic rings. The summed E-state index contributed by atoms with van der Waals surface area (Å²) in [6.07, 6.45) is 8.37. The minimum Gasteiger partial charge on any atom is -0.397 e. The molecule has 0 saturated carbocycles. The lowest BCUT2D eigenvalue weighted by Crippen LogP contribution is -2.26. The number of aromatic nitrogens is 2. The second kappa shape index (κ2) is 9.98. The molecule has 0 spiro atoms. The van der Waals surface area contributed by atoms with Crippen molar-refractivity contribution < 1.29 is 0 Å². The average molecular weight is 483 g/mol. The Kier molecular flexibility index (Phi) is 6.61. The molecule has 2 aliphatic rings. The third-order valence-electron chi connectivity index (χ3n) is 5.97. The van der Waals surface area contributed by atoms with Crippen LogP contribution in [-0.4, -0.2) is 41.5 Å². The highest BCUT2D eigenvalue weighted by Crippen LogP contribution is 2.38. The Hall–Kier alpha value is -3.55. The molecule has 1 aromatic heterocycles. The normalized spacial score (nSPS) is 17.4. The Bertz CT molecular complexity index is 1280. The van der Waals surface area contributed by atoms with Gasteiger partial charge in [-0.3, -0.25) is 4.31 Å². The fourth-order valence-corrected chi connectivity index (χ4v) is 5.21. The fraction of sp³-hybridized carbons (Fsp3) is 0.214. The van der Waals surface area contributed by atoms with Crippen LogP contribution in [0.5, 0.6) is 0 Å². The number of nitrogens with zero attached hydrogens (tertiary/aromatic N) is 4. The molecule has 0 amide bonds. The molecule has 5 rings (SSSR count). The maximum Gasteiger partial charge on any atom is 0.236 e. The highest BCUT2D eigenvalue weighted by molar-refractivity contribution is 8.01. The van der Waals surface area contributed by atoms with E-state index in [0.717, 1.165) is 30.0 Å². The van der Waals surface area contributed by atoms with Gasteiger partial charge in [0.2, 0.25) is 5.95 Å². The molecule has 0 saturated heterocycles. The van der Waals surface area contributed by atoms with Gasteiger partial charge in [0.05, 0.1) is 29.7 Å². The Balaban J connectivity index is 1.48. The van der Waals surface area contributed by atoms with Gasteiger partial charge in [0.15, 0.2) is 0 Å². The van der Waals surface area contributed by atoms with Crippen LogP contribution in [0.25, 0.3) is 11.4 Å². The van der Waals surface area contributed by atoms with Crippen LogP contribution in [0.4, 0.5) is 5.95 Å². The third-order valence-corrected chi connectivity index (χ3v) is 7.08. The van der Waals surface area contributed by atoms with Crippen LogP contribution in [0.1, 0.15) is 22.4 Å². The van der Waals surface area contributed by atoms with Gasteiger partial charge >= 0.3 is 0 Å². The van der Waals surface area contributed by atoms with Crippen LogP contribution in [0.15, 0.2) is 89.5 Å². The molecular weight excluding hydrogens is 452 g/mol. The minimum atomic E-state index is 0.0350. The number of nitrogens with two attached hydrogens (primary N) is 1. The number of benzene rings is 2.